The number of rotatable bonds is 5. The molecule has 0 heterocycles. The zero-order chi connectivity index (χ0) is 14.6. The molecular formula is C15H21F3N2. The summed E-state index contributed by atoms with van der Waals surface area (Å²) >= 11 is 0. The van der Waals surface area contributed by atoms with Crippen molar-refractivity contribution in [1.82, 2.24) is 4.90 Å². The van der Waals surface area contributed by atoms with E-state index in [-0.39, 0.29) is 0 Å². The fraction of sp³-hybridized carbons (Fsp3) is 0.600. The second kappa shape index (κ2) is 6.59. The van der Waals surface area contributed by atoms with E-state index in [1.807, 2.05) is 0 Å². The van der Waals surface area contributed by atoms with Gasteiger partial charge in [0.2, 0.25) is 0 Å². The Labute approximate surface area is 117 Å². The normalized spacial score (nSPS) is 17.1. The molecule has 2 rings (SSSR count). The average molecular weight is 286 g/mol. The van der Waals surface area contributed by atoms with Crippen LogP contribution in [0.15, 0.2) is 24.3 Å². The van der Waals surface area contributed by atoms with Gasteiger partial charge in [-0.05, 0) is 30.5 Å². The number of hydrogen-bond donors (Lipinski definition) is 1. The maximum absolute atomic E-state index is 12.5. The van der Waals surface area contributed by atoms with E-state index in [4.69, 9.17) is 5.73 Å². The van der Waals surface area contributed by atoms with Crippen molar-refractivity contribution >= 4 is 0 Å². The zero-order valence-corrected chi connectivity index (χ0v) is 11.5. The molecule has 1 fully saturated rings. The Morgan fingerprint density at radius 2 is 1.70 bits per heavy atom. The van der Waals surface area contributed by atoms with Crippen molar-refractivity contribution < 1.29 is 13.2 Å². The van der Waals surface area contributed by atoms with Crippen LogP contribution in [0, 0.1) is 0 Å². The van der Waals surface area contributed by atoms with Crippen molar-refractivity contribution in [3.63, 3.8) is 0 Å². The molecule has 2 nitrogen and oxygen atoms in total. The Balaban J connectivity index is 2.02. The highest BCUT2D eigenvalue weighted by atomic mass is 19.4. The van der Waals surface area contributed by atoms with Crippen molar-refractivity contribution in [2.75, 3.05) is 13.1 Å². The monoisotopic (exact) mass is 286 g/mol. The predicted molar refractivity (Wildman–Crippen MR) is 73.2 cm³/mol. The van der Waals surface area contributed by atoms with Crippen LogP contribution < -0.4 is 5.73 Å². The summed E-state index contributed by atoms with van der Waals surface area (Å²) in [6.45, 7) is 2.06. The topological polar surface area (TPSA) is 29.3 Å². The maximum atomic E-state index is 12.5. The molecule has 0 amide bonds. The van der Waals surface area contributed by atoms with Gasteiger partial charge in [-0.1, -0.05) is 25.0 Å². The molecule has 1 aliphatic rings. The third-order valence-electron chi connectivity index (χ3n) is 3.92. The highest BCUT2D eigenvalue weighted by Crippen LogP contribution is 2.30. The summed E-state index contributed by atoms with van der Waals surface area (Å²) in [5, 5.41) is 0. The number of nitrogens with two attached hydrogens (primary N) is 1. The molecular weight excluding hydrogens is 265 g/mol. The second-order valence-corrected chi connectivity index (χ2v) is 5.39. The zero-order valence-electron chi connectivity index (χ0n) is 11.5. The molecule has 0 spiro atoms. The van der Waals surface area contributed by atoms with E-state index < -0.39 is 11.7 Å². The van der Waals surface area contributed by atoms with Gasteiger partial charge in [-0.2, -0.15) is 13.2 Å². The molecule has 5 heteroatoms. The lowest BCUT2D eigenvalue weighted by atomic mass is 10.1. The molecule has 0 bridgehead atoms. The molecule has 112 valence electrons. The summed E-state index contributed by atoms with van der Waals surface area (Å²) in [5.74, 6) is 0. The molecule has 0 saturated heterocycles. The lowest BCUT2D eigenvalue weighted by Crippen LogP contribution is -2.36. The number of nitrogens with zero attached hydrogens (tertiary/aromatic N) is 1. The first kappa shape index (κ1) is 15.3. The van der Waals surface area contributed by atoms with Crippen LogP contribution in [0.3, 0.4) is 0 Å². The minimum atomic E-state index is -4.26. The Hall–Kier alpha value is -1.07. The minimum Gasteiger partial charge on any atom is -0.329 e. The molecule has 20 heavy (non-hydrogen) atoms. The van der Waals surface area contributed by atoms with Gasteiger partial charge in [0.05, 0.1) is 5.56 Å². The van der Waals surface area contributed by atoms with Gasteiger partial charge in [-0.15, -0.1) is 0 Å². The predicted octanol–water partition coefficient (Wildman–Crippen LogP) is 3.41. The van der Waals surface area contributed by atoms with E-state index in [1.165, 1.54) is 25.7 Å². The van der Waals surface area contributed by atoms with E-state index in [9.17, 15) is 13.2 Å². The summed E-state index contributed by atoms with van der Waals surface area (Å²) in [6.07, 6.45) is 0.541. The maximum Gasteiger partial charge on any atom is 0.416 e. The Morgan fingerprint density at radius 1 is 1.10 bits per heavy atom. The van der Waals surface area contributed by atoms with E-state index in [0.717, 1.165) is 24.2 Å². The van der Waals surface area contributed by atoms with Crippen molar-refractivity contribution in [2.45, 2.75) is 44.4 Å². The van der Waals surface area contributed by atoms with Crippen molar-refractivity contribution in [2.24, 2.45) is 5.73 Å². The van der Waals surface area contributed by atoms with Gasteiger partial charge in [0.1, 0.15) is 0 Å². The summed E-state index contributed by atoms with van der Waals surface area (Å²) in [6, 6.07) is 5.98. The lowest BCUT2D eigenvalue weighted by molar-refractivity contribution is -0.137. The molecule has 0 radical (unpaired) electrons. The van der Waals surface area contributed by atoms with Crippen LogP contribution in [0.25, 0.3) is 0 Å². The van der Waals surface area contributed by atoms with Crippen LogP contribution in [-0.2, 0) is 12.7 Å². The van der Waals surface area contributed by atoms with Crippen LogP contribution in [0.2, 0.25) is 0 Å². The van der Waals surface area contributed by atoms with Crippen LogP contribution in [0.4, 0.5) is 13.2 Å². The van der Waals surface area contributed by atoms with Crippen molar-refractivity contribution in [3.05, 3.63) is 35.4 Å². The molecule has 1 aromatic rings. The summed E-state index contributed by atoms with van der Waals surface area (Å²) in [4.78, 5) is 2.30. The smallest absolute Gasteiger partial charge is 0.329 e. The Morgan fingerprint density at radius 3 is 2.20 bits per heavy atom. The van der Waals surface area contributed by atoms with Crippen molar-refractivity contribution in [1.29, 1.82) is 0 Å². The molecule has 1 aromatic carbocycles. The van der Waals surface area contributed by atoms with E-state index >= 15 is 0 Å². The quantitative estimate of drug-likeness (QED) is 0.898. The number of hydrogen-bond acceptors (Lipinski definition) is 2. The van der Waals surface area contributed by atoms with Crippen LogP contribution in [0.1, 0.15) is 36.8 Å². The standard InChI is InChI=1S/C15H21F3N2/c16-15(17,18)13-7-5-12(6-8-13)11-20(10-9-19)14-3-1-2-4-14/h5-8,14H,1-4,9-11,19H2. The fourth-order valence-corrected chi connectivity index (χ4v) is 2.86. The Bertz CT molecular complexity index is 408. The molecule has 0 atom stereocenters. The highest BCUT2D eigenvalue weighted by Gasteiger charge is 2.30. The van der Waals surface area contributed by atoms with Crippen LogP contribution >= 0.6 is 0 Å². The molecule has 0 aromatic heterocycles. The SMILES string of the molecule is NCCN(Cc1ccc(C(F)(F)F)cc1)C1CCCC1. The summed E-state index contributed by atoms with van der Waals surface area (Å²) in [7, 11) is 0. The molecule has 0 unspecified atom stereocenters. The minimum absolute atomic E-state index is 0.529. The third-order valence-corrected chi connectivity index (χ3v) is 3.92. The van der Waals surface area contributed by atoms with Crippen molar-refractivity contribution in [3.8, 4) is 0 Å². The van der Waals surface area contributed by atoms with Gasteiger partial charge in [-0.3, -0.25) is 4.90 Å². The lowest BCUT2D eigenvalue weighted by Gasteiger charge is -2.28. The molecule has 1 saturated carbocycles. The number of halogens is 3. The van der Waals surface area contributed by atoms with Gasteiger partial charge in [0.15, 0.2) is 0 Å². The van der Waals surface area contributed by atoms with E-state index in [0.29, 0.717) is 19.1 Å². The third kappa shape index (κ3) is 3.96. The van der Waals surface area contributed by atoms with Gasteiger partial charge in [-0.25, -0.2) is 0 Å². The first-order chi connectivity index (χ1) is 9.50. The first-order valence-corrected chi connectivity index (χ1v) is 7.11. The van der Waals surface area contributed by atoms with Gasteiger partial charge in [0.25, 0.3) is 0 Å². The molecule has 0 aliphatic heterocycles. The largest absolute Gasteiger partial charge is 0.416 e. The first-order valence-electron chi connectivity index (χ1n) is 7.11. The van der Waals surface area contributed by atoms with E-state index in [2.05, 4.69) is 4.90 Å². The van der Waals surface area contributed by atoms with Crippen LogP contribution in [0.5, 0.6) is 0 Å². The molecule has 1 aliphatic carbocycles. The Kier molecular flexibility index (Phi) is 5.05. The van der Waals surface area contributed by atoms with Gasteiger partial charge >= 0.3 is 6.18 Å². The van der Waals surface area contributed by atoms with Gasteiger partial charge < -0.3 is 5.73 Å². The second-order valence-electron chi connectivity index (χ2n) is 5.39. The number of benzene rings is 1. The average Bonchev–Trinajstić information content (AvgIpc) is 2.91. The van der Waals surface area contributed by atoms with E-state index in [1.54, 1.807) is 12.1 Å². The summed E-state index contributed by atoms with van der Waals surface area (Å²) in [5.41, 5.74) is 5.97. The van der Waals surface area contributed by atoms with Gasteiger partial charge in [0, 0.05) is 25.7 Å². The summed E-state index contributed by atoms with van der Waals surface area (Å²) < 4.78 is 37.6. The highest BCUT2D eigenvalue weighted by molar-refractivity contribution is 5.24. The molecule has 2 N–H and O–H groups in total. The van der Waals surface area contributed by atoms with Crippen LogP contribution in [-0.4, -0.2) is 24.0 Å². The number of alkyl halides is 3. The fourth-order valence-electron chi connectivity index (χ4n) is 2.86.